The Kier molecular flexibility index (Phi) is 5.55. The van der Waals surface area contributed by atoms with Crippen molar-refractivity contribution >= 4 is 0 Å². The molecular formula is C17H22FN3O3. The van der Waals surface area contributed by atoms with Gasteiger partial charge in [-0.3, -0.25) is 4.90 Å². The van der Waals surface area contributed by atoms with E-state index in [9.17, 15) is 9.50 Å². The number of methoxy groups -OCH3 is 1. The van der Waals surface area contributed by atoms with Crippen molar-refractivity contribution in [1.82, 2.24) is 15.0 Å². The zero-order valence-electron chi connectivity index (χ0n) is 13.7. The molecule has 0 saturated carbocycles. The monoisotopic (exact) mass is 335 g/mol. The van der Waals surface area contributed by atoms with Crippen LogP contribution in [0.5, 0.6) is 0 Å². The Hall–Kier alpha value is -1.83. The number of halogens is 1. The molecule has 1 aromatic carbocycles. The third kappa shape index (κ3) is 4.17. The lowest BCUT2D eigenvalue weighted by atomic mass is 10.0. The number of aliphatic hydroxyl groups excluding tert-OH is 1. The predicted molar refractivity (Wildman–Crippen MR) is 84.4 cm³/mol. The molecule has 1 N–H and O–H groups in total. The van der Waals surface area contributed by atoms with Crippen LogP contribution in [0, 0.1) is 5.82 Å². The van der Waals surface area contributed by atoms with Crippen molar-refractivity contribution < 1.29 is 18.8 Å². The molecule has 2 heterocycles. The van der Waals surface area contributed by atoms with E-state index in [1.807, 2.05) is 0 Å². The average Bonchev–Trinajstić information content (AvgIpc) is 3.19. The van der Waals surface area contributed by atoms with Gasteiger partial charge in [-0.15, -0.1) is 0 Å². The van der Waals surface area contributed by atoms with Crippen LogP contribution in [0.2, 0.25) is 0 Å². The maximum Gasteiger partial charge on any atom is 0.240 e. The summed E-state index contributed by atoms with van der Waals surface area (Å²) in [5.41, 5.74) is 0.739. The van der Waals surface area contributed by atoms with Gasteiger partial charge in [-0.25, -0.2) is 4.39 Å². The van der Waals surface area contributed by atoms with Gasteiger partial charge < -0.3 is 14.4 Å². The predicted octanol–water partition coefficient (Wildman–Crippen LogP) is 2.44. The van der Waals surface area contributed by atoms with E-state index in [0.29, 0.717) is 31.3 Å². The maximum atomic E-state index is 13.0. The minimum Gasteiger partial charge on any atom is -0.388 e. The molecule has 6 nitrogen and oxygen atoms in total. The SMILES string of the molecule is COCc1noc(CN2CCCC2CC(O)c2ccc(F)cc2)n1. The molecule has 7 heteroatoms. The van der Waals surface area contributed by atoms with E-state index in [0.717, 1.165) is 24.9 Å². The van der Waals surface area contributed by atoms with Crippen LogP contribution in [0.25, 0.3) is 0 Å². The molecule has 2 unspecified atom stereocenters. The Morgan fingerprint density at radius 1 is 1.42 bits per heavy atom. The summed E-state index contributed by atoms with van der Waals surface area (Å²) >= 11 is 0. The minimum absolute atomic E-state index is 0.239. The zero-order valence-corrected chi connectivity index (χ0v) is 13.7. The molecule has 3 rings (SSSR count). The molecule has 130 valence electrons. The minimum atomic E-state index is -0.608. The van der Waals surface area contributed by atoms with Crippen LogP contribution in [0.15, 0.2) is 28.8 Å². The second kappa shape index (κ2) is 7.83. The number of rotatable bonds is 7. The topological polar surface area (TPSA) is 71.6 Å². The van der Waals surface area contributed by atoms with Crippen molar-refractivity contribution in [3.05, 3.63) is 47.4 Å². The molecule has 0 amide bonds. The molecule has 1 aliphatic heterocycles. The highest BCUT2D eigenvalue weighted by molar-refractivity contribution is 5.18. The largest absolute Gasteiger partial charge is 0.388 e. The quantitative estimate of drug-likeness (QED) is 0.838. The molecule has 1 aliphatic rings. The molecule has 0 radical (unpaired) electrons. The third-order valence-electron chi connectivity index (χ3n) is 4.37. The van der Waals surface area contributed by atoms with E-state index in [1.165, 1.54) is 12.1 Å². The molecule has 0 aliphatic carbocycles. The molecule has 0 spiro atoms. The summed E-state index contributed by atoms with van der Waals surface area (Å²) in [4.78, 5) is 6.54. The van der Waals surface area contributed by atoms with Gasteiger partial charge in [0.05, 0.1) is 12.6 Å². The van der Waals surface area contributed by atoms with Crippen molar-refractivity contribution in [3.8, 4) is 0 Å². The standard InChI is InChI=1S/C17H22FN3O3/c1-23-11-16-19-17(24-20-16)10-21-8-2-3-14(21)9-15(22)12-4-6-13(18)7-5-12/h4-7,14-15,22H,2-3,8-11H2,1H3. The lowest BCUT2D eigenvalue weighted by Gasteiger charge is -2.25. The Balaban J connectivity index is 1.59. The van der Waals surface area contributed by atoms with Crippen molar-refractivity contribution in [3.63, 3.8) is 0 Å². The summed E-state index contributed by atoms with van der Waals surface area (Å²) < 4.78 is 23.2. The van der Waals surface area contributed by atoms with Crippen molar-refractivity contribution in [2.24, 2.45) is 0 Å². The van der Waals surface area contributed by atoms with Gasteiger partial charge in [-0.2, -0.15) is 4.98 Å². The number of aromatic nitrogens is 2. The number of ether oxygens (including phenoxy) is 1. The van der Waals surface area contributed by atoms with E-state index in [2.05, 4.69) is 15.0 Å². The molecule has 0 bridgehead atoms. The third-order valence-corrected chi connectivity index (χ3v) is 4.37. The highest BCUT2D eigenvalue weighted by atomic mass is 19.1. The summed E-state index contributed by atoms with van der Waals surface area (Å²) in [5.74, 6) is 0.802. The van der Waals surface area contributed by atoms with Crippen LogP contribution in [-0.4, -0.2) is 39.8 Å². The van der Waals surface area contributed by atoms with E-state index in [-0.39, 0.29) is 11.9 Å². The molecule has 2 aromatic rings. The maximum absolute atomic E-state index is 13.0. The van der Waals surface area contributed by atoms with Gasteiger partial charge in [0.2, 0.25) is 5.89 Å². The van der Waals surface area contributed by atoms with E-state index in [1.54, 1.807) is 19.2 Å². The lowest BCUT2D eigenvalue weighted by molar-refractivity contribution is 0.112. The number of hydrogen-bond acceptors (Lipinski definition) is 6. The average molecular weight is 335 g/mol. The normalized spacial score (nSPS) is 19.7. The lowest BCUT2D eigenvalue weighted by Crippen LogP contribution is -2.30. The molecule has 1 aromatic heterocycles. The fourth-order valence-electron chi connectivity index (χ4n) is 3.16. The first-order valence-corrected chi connectivity index (χ1v) is 8.13. The van der Waals surface area contributed by atoms with Gasteiger partial charge in [-0.05, 0) is 43.5 Å². The number of aliphatic hydroxyl groups is 1. The zero-order chi connectivity index (χ0) is 16.9. The Bertz CT molecular complexity index is 647. The van der Waals surface area contributed by atoms with Crippen LogP contribution < -0.4 is 0 Å². The van der Waals surface area contributed by atoms with Crippen LogP contribution in [-0.2, 0) is 17.9 Å². The molecule has 1 fully saturated rings. The fraction of sp³-hybridized carbons (Fsp3) is 0.529. The smallest absolute Gasteiger partial charge is 0.240 e. The number of nitrogens with zero attached hydrogens (tertiary/aromatic N) is 3. The summed E-state index contributed by atoms with van der Waals surface area (Å²) in [6.07, 6.45) is 2.07. The van der Waals surface area contributed by atoms with Gasteiger partial charge in [0.1, 0.15) is 12.4 Å². The van der Waals surface area contributed by atoms with E-state index >= 15 is 0 Å². The molecule has 1 saturated heterocycles. The fourth-order valence-corrected chi connectivity index (χ4v) is 3.16. The van der Waals surface area contributed by atoms with Gasteiger partial charge in [-0.1, -0.05) is 17.3 Å². The second-order valence-electron chi connectivity index (χ2n) is 6.11. The first-order chi connectivity index (χ1) is 11.7. The van der Waals surface area contributed by atoms with Crippen LogP contribution >= 0.6 is 0 Å². The second-order valence-corrected chi connectivity index (χ2v) is 6.11. The number of hydrogen-bond donors (Lipinski definition) is 1. The Morgan fingerprint density at radius 2 is 2.21 bits per heavy atom. The van der Waals surface area contributed by atoms with Crippen molar-refractivity contribution in [2.75, 3.05) is 13.7 Å². The van der Waals surface area contributed by atoms with Gasteiger partial charge in [0.25, 0.3) is 0 Å². The first-order valence-electron chi connectivity index (χ1n) is 8.13. The first kappa shape index (κ1) is 17.0. The molecule has 24 heavy (non-hydrogen) atoms. The Labute approximate surface area is 140 Å². The summed E-state index contributed by atoms with van der Waals surface area (Å²) in [6.45, 7) is 1.83. The van der Waals surface area contributed by atoms with Gasteiger partial charge in [0, 0.05) is 13.2 Å². The van der Waals surface area contributed by atoms with Crippen molar-refractivity contribution in [2.45, 2.75) is 44.6 Å². The Morgan fingerprint density at radius 3 is 2.96 bits per heavy atom. The summed E-state index contributed by atoms with van der Waals surface area (Å²) in [5, 5.41) is 14.3. The highest BCUT2D eigenvalue weighted by Gasteiger charge is 2.28. The molecular weight excluding hydrogens is 313 g/mol. The number of likely N-dealkylation sites (tertiary alicyclic amines) is 1. The van der Waals surface area contributed by atoms with Crippen LogP contribution in [0.3, 0.4) is 0 Å². The summed E-state index contributed by atoms with van der Waals surface area (Å²) in [6, 6.07) is 6.26. The summed E-state index contributed by atoms with van der Waals surface area (Å²) in [7, 11) is 1.59. The molecule has 2 atom stereocenters. The van der Waals surface area contributed by atoms with Crippen LogP contribution in [0.1, 0.15) is 42.6 Å². The van der Waals surface area contributed by atoms with E-state index in [4.69, 9.17) is 9.26 Å². The number of benzene rings is 1. The van der Waals surface area contributed by atoms with E-state index < -0.39 is 6.10 Å². The van der Waals surface area contributed by atoms with Crippen LogP contribution in [0.4, 0.5) is 4.39 Å². The van der Waals surface area contributed by atoms with Crippen molar-refractivity contribution in [1.29, 1.82) is 0 Å². The van der Waals surface area contributed by atoms with Gasteiger partial charge >= 0.3 is 0 Å². The van der Waals surface area contributed by atoms with Gasteiger partial charge in [0.15, 0.2) is 5.82 Å². The highest BCUT2D eigenvalue weighted by Crippen LogP contribution is 2.28.